The molecule has 2 aromatic carbocycles. The summed E-state index contributed by atoms with van der Waals surface area (Å²) in [6.45, 7) is 5.33. The minimum Gasteiger partial charge on any atom is -0.449 e. The maximum absolute atomic E-state index is 15.5. The first-order chi connectivity index (χ1) is 17.0. The quantitative estimate of drug-likeness (QED) is 0.470. The van der Waals surface area contributed by atoms with Gasteiger partial charge in [-0.15, -0.1) is 0 Å². The van der Waals surface area contributed by atoms with Crippen molar-refractivity contribution in [2.24, 2.45) is 0 Å². The highest BCUT2D eigenvalue weighted by Crippen LogP contribution is 2.39. The number of hydrogen-bond acceptors (Lipinski definition) is 5. The number of piperazine rings is 1. The van der Waals surface area contributed by atoms with Crippen LogP contribution in [0.3, 0.4) is 0 Å². The summed E-state index contributed by atoms with van der Waals surface area (Å²) < 4.78 is 22.1. The maximum Gasteiger partial charge on any atom is 0.511 e. The molecule has 1 saturated carbocycles. The van der Waals surface area contributed by atoms with Gasteiger partial charge in [0, 0.05) is 25.7 Å². The highest BCUT2D eigenvalue weighted by molar-refractivity contribution is 5.85. The van der Waals surface area contributed by atoms with Crippen LogP contribution in [0, 0.1) is 5.82 Å². The number of rotatable bonds is 7. The number of halogens is 1. The van der Waals surface area contributed by atoms with E-state index in [4.69, 9.17) is 9.84 Å². The van der Waals surface area contributed by atoms with Crippen molar-refractivity contribution in [1.82, 2.24) is 9.47 Å². The van der Waals surface area contributed by atoms with Crippen molar-refractivity contribution < 1.29 is 19.0 Å². The van der Waals surface area contributed by atoms with Gasteiger partial charge in [0.2, 0.25) is 5.43 Å². The van der Waals surface area contributed by atoms with Crippen LogP contribution in [0.15, 0.2) is 53.5 Å². The zero-order valence-electron chi connectivity index (χ0n) is 19.8. The molecule has 1 saturated heterocycles. The number of pyridine rings is 1. The molecular formula is C27H30FN3O4. The number of nitrogens with zero attached hydrogens (tertiary/aromatic N) is 3. The Morgan fingerprint density at radius 2 is 1.94 bits per heavy atom. The Labute approximate surface area is 203 Å². The van der Waals surface area contributed by atoms with E-state index in [1.165, 1.54) is 17.8 Å². The summed E-state index contributed by atoms with van der Waals surface area (Å²) in [5.74, 6) is -0.782. The van der Waals surface area contributed by atoms with E-state index in [-0.39, 0.29) is 23.2 Å². The maximum atomic E-state index is 15.5. The second kappa shape index (κ2) is 9.70. The topological polar surface area (TPSA) is 75.0 Å². The lowest BCUT2D eigenvalue weighted by Crippen LogP contribution is -2.49. The number of fused-ring (bicyclic) bond motifs is 1. The molecule has 1 aliphatic heterocycles. The molecule has 2 aliphatic rings. The number of aromatic nitrogens is 1. The third-order valence-electron chi connectivity index (χ3n) is 7.02. The average molecular weight is 480 g/mol. The summed E-state index contributed by atoms with van der Waals surface area (Å²) in [5.41, 5.74) is 1.67. The van der Waals surface area contributed by atoms with E-state index in [2.05, 4.69) is 28.9 Å². The predicted octanol–water partition coefficient (Wildman–Crippen LogP) is 5.20. The van der Waals surface area contributed by atoms with Gasteiger partial charge in [-0.1, -0.05) is 43.7 Å². The molecule has 2 fully saturated rings. The van der Waals surface area contributed by atoms with Crippen molar-refractivity contribution in [2.45, 2.75) is 44.7 Å². The largest absolute Gasteiger partial charge is 0.511 e. The summed E-state index contributed by atoms with van der Waals surface area (Å²) in [6, 6.07) is 13.6. The first-order valence-electron chi connectivity index (χ1n) is 12.3. The van der Waals surface area contributed by atoms with Crippen molar-refractivity contribution in [1.29, 1.82) is 0 Å². The lowest BCUT2D eigenvalue weighted by atomic mass is 10.0. The second-order valence-corrected chi connectivity index (χ2v) is 9.41. The SMILES string of the molecule is CCCCN1CCN(c2cc3c(cc2F)c(=O)c(OC(=O)O)cn3C2CC2)CC1c1ccccc1. The van der Waals surface area contributed by atoms with E-state index in [1.54, 1.807) is 6.07 Å². The molecule has 0 amide bonds. The molecule has 2 heterocycles. The zero-order chi connectivity index (χ0) is 24.5. The average Bonchev–Trinajstić information content (AvgIpc) is 3.70. The summed E-state index contributed by atoms with van der Waals surface area (Å²) >= 11 is 0. The van der Waals surface area contributed by atoms with Gasteiger partial charge in [0.15, 0.2) is 5.75 Å². The fourth-order valence-electron chi connectivity index (χ4n) is 5.06. The number of benzene rings is 2. The molecular weight excluding hydrogens is 449 g/mol. The monoisotopic (exact) mass is 479 g/mol. The first kappa shape index (κ1) is 23.4. The summed E-state index contributed by atoms with van der Waals surface area (Å²) in [5, 5.41) is 9.15. The van der Waals surface area contributed by atoms with Crippen molar-refractivity contribution in [3.8, 4) is 5.75 Å². The van der Waals surface area contributed by atoms with E-state index in [0.717, 1.165) is 38.8 Å². The minimum atomic E-state index is -1.56. The Morgan fingerprint density at radius 3 is 2.63 bits per heavy atom. The number of hydrogen-bond donors (Lipinski definition) is 1. The van der Waals surface area contributed by atoms with E-state index < -0.39 is 17.4 Å². The lowest BCUT2D eigenvalue weighted by molar-refractivity contribution is 0.143. The molecule has 0 spiro atoms. The van der Waals surface area contributed by atoms with Gasteiger partial charge in [-0.05, 0) is 43.5 Å². The van der Waals surface area contributed by atoms with Gasteiger partial charge >= 0.3 is 6.16 Å². The van der Waals surface area contributed by atoms with E-state index in [1.807, 2.05) is 22.8 Å². The Kier molecular flexibility index (Phi) is 6.47. The van der Waals surface area contributed by atoms with Gasteiger partial charge in [-0.25, -0.2) is 9.18 Å². The van der Waals surface area contributed by atoms with Gasteiger partial charge in [0.05, 0.1) is 28.8 Å². The van der Waals surface area contributed by atoms with Gasteiger partial charge < -0.3 is 19.3 Å². The van der Waals surface area contributed by atoms with Crippen LogP contribution in [0.4, 0.5) is 14.9 Å². The summed E-state index contributed by atoms with van der Waals surface area (Å²) in [4.78, 5) is 28.5. The molecule has 0 bridgehead atoms. The number of anilines is 1. The number of ether oxygens (including phenoxy) is 1. The van der Waals surface area contributed by atoms with Gasteiger partial charge in [-0.2, -0.15) is 0 Å². The number of unbranched alkanes of at least 4 members (excludes halogenated alkanes) is 1. The molecule has 5 rings (SSSR count). The van der Waals surface area contributed by atoms with Gasteiger partial charge in [-0.3, -0.25) is 9.69 Å². The van der Waals surface area contributed by atoms with Gasteiger partial charge in [0.1, 0.15) is 5.82 Å². The van der Waals surface area contributed by atoms with Crippen LogP contribution in [0.5, 0.6) is 5.75 Å². The minimum absolute atomic E-state index is 0.137. The first-order valence-corrected chi connectivity index (χ1v) is 12.3. The third-order valence-corrected chi connectivity index (χ3v) is 7.02. The zero-order valence-corrected chi connectivity index (χ0v) is 19.8. The second-order valence-electron chi connectivity index (χ2n) is 9.41. The van der Waals surface area contributed by atoms with Crippen LogP contribution in [0.25, 0.3) is 10.9 Å². The van der Waals surface area contributed by atoms with Crippen LogP contribution in [-0.2, 0) is 0 Å². The van der Waals surface area contributed by atoms with Crippen LogP contribution >= 0.6 is 0 Å². The third kappa shape index (κ3) is 4.75. The summed E-state index contributed by atoms with van der Waals surface area (Å²) in [6.07, 6.45) is 3.96. The van der Waals surface area contributed by atoms with Crippen molar-refractivity contribution in [3.63, 3.8) is 0 Å². The molecule has 1 aliphatic carbocycles. The van der Waals surface area contributed by atoms with Crippen molar-refractivity contribution in [2.75, 3.05) is 31.1 Å². The fourth-order valence-corrected chi connectivity index (χ4v) is 5.06. The van der Waals surface area contributed by atoms with Crippen LogP contribution in [0.1, 0.15) is 50.3 Å². The molecule has 1 unspecified atom stereocenters. The molecule has 35 heavy (non-hydrogen) atoms. The fraction of sp³-hybridized carbons (Fsp3) is 0.407. The lowest BCUT2D eigenvalue weighted by Gasteiger charge is -2.43. The molecule has 1 aromatic heterocycles. The Morgan fingerprint density at radius 1 is 1.17 bits per heavy atom. The predicted molar refractivity (Wildman–Crippen MR) is 133 cm³/mol. The molecule has 1 atom stereocenters. The van der Waals surface area contributed by atoms with Gasteiger partial charge in [0.25, 0.3) is 0 Å². The standard InChI is InChI=1S/C27H30FN3O4/c1-2-3-11-29-12-13-30(16-24(29)18-7-5-4-6-8-18)23-15-22-20(14-21(23)28)26(32)25(35-27(33)34)17-31(22)19-9-10-19/h4-8,14-15,17,19,24H,2-3,9-13,16H2,1H3,(H,33,34). The van der Waals surface area contributed by atoms with Crippen LogP contribution in [0.2, 0.25) is 0 Å². The molecule has 3 aromatic rings. The Bertz CT molecular complexity index is 1290. The van der Waals surface area contributed by atoms with Crippen molar-refractivity contribution in [3.05, 3.63) is 70.3 Å². The molecule has 8 heteroatoms. The number of carboxylic acid groups (broad SMARTS) is 1. The van der Waals surface area contributed by atoms with Crippen molar-refractivity contribution >= 4 is 22.7 Å². The normalized spacial score (nSPS) is 18.7. The van der Waals surface area contributed by atoms with E-state index in [9.17, 15) is 9.59 Å². The highest BCUT2D eigenvalue weighted by atomic mass is 19.1. The van der Waals surface area contributed by atoms with Crippen LogP contribution < -0.4 is 15.1 Å². The Hall–Kier alpha value is -3.39. The number of carbonyl (C=O) groups is 1. The molecule has 7 nitrogen and oxygen atoms in total. The molecule has 1 N–H and O–H groups in total. The molecule has 0 radical (unpaired) electrons. The molecule has 184 valence electrons. The van der Waals surface area contributed by atoms with E-state index in [0.29, 0.717) is 24.3 Å². The van der Waals surface area contributed by atoms with Crippen LogP contribution in [-0.4, -0.2) is 46.9 Å². The summed E-state index contributed by atoms with van der Waals surface area (Å²) in [7, 11) is 0. The smallest absolute Gasteiger partial charge is 0.449 e. The Balaban J connectivity index is 1.54. The van der Waals surface area contributed by atoms with E-state index >= 15 is 4.39 Å². The highest BCUT2D eigenvalue weighted by Gasteiger charge is 2.31.